The fourth-order valence-corrected chi connectivity index (χ4v) is 5.15. The van der Waals surface area contributed by atoms with Crippen molar-refractivity contribution in [2.45, 2.75) is 38.4 Å². The van der Waals surface area contributed by atoms with Gasteiger partial charge in [-0.2, -0.15) is 5.10 Å². The molecule has 2 heterocycles. The Kier molecular flexibility index (Phi) is 6.33. The molecule has 1 N–H and O–H groups in total. The molecule has 0 aromatic heterocycles. The second kappa shape index (κ2) is 8.85. The molecule has 2 aliphatic rings. The number of amidine groups is 1. The smallest absolute Gasteiger partial charge is 0.300 e. The summed E-state index contributed by atoms with van der Waals surface area (Å²) < 4.78 is -0.389. The van der Waals surface area contributed by atoms with E-state index in [9.17, 15) is 4.79 Å². The summed E-state index contributed by atoms with van der Waals surface area (Å²) in [7, 11) is 0. The Labute approximate surface area is 196 Å². The standard InChI is InChI=1S/C23H24Cl2N4OS/c1-4-26-21(16-7-9-17(24)18(25)13-16)29-11-5-6-14-12-15(8-10-19(14)29)20-23(2,3)31-22(30)28-27-20/h7-10,12-13H,4-6,11H2,1-3H3,(H,28,30). The number of hydrazone groups is 1. The third-order valence-electron chi connectivity index (χ3n) is 5.39. The molecule has 0 atom stereocenters. The average molecular weight is 475 g/mol. The van der Waals surface area contributed by atoms with E-state index in [4.69, 9.17) is 28.2 Å². The van der Waals surface area contributed by atoms with Crippen LogP contribution in [-0.2, 0) is 6.42 Å². The van der Waals surface area contributed by atoms with Crippen LogP contribution >= 0.6 is 35.0 Å². The minimum Gasteiger partial charge on any atom is -0.326 e. The number of aryl methyl sites for hydroxylation is 1. The van der Waals surface area contributed by atoms with Crippen molar-refractivity contribution in [2.24, 2.45) is 10.1 Å². The van der Waals surface area contributed by atoms with Gasteiger partial charge in [0, 0.05) is 24.3 Å². The fraction of sp³-hybridized carbons (Fsp3) is 0.348. The molecule has 0 saturated carbocycles. The monoisotopic (exact) mass is 474 g/mol. The van der Waals surface area contributed by atoms with E-state index in [-0.39, 0.29) is 9.99 Å². The van der Waals surface area contributed by atoms with Gasteiger partial charge in [-0.15, -0.1) is 0 Å². The van der Waals surface area contributed by atoms with Crippen LogP contribution in [0.5, 0.6) is 0 Å². The number of carbonyl (C=O) groups excluding carboxylic acids is 1. The van der Waals surface area contributed by atoms with Gasteiger partial charge in [0.05, 0.1) is 20.5 Å². The zero-order chi connectivity index (χ0) is 22.2. The highest BCUT2D eigenvalue weighted by Crippen LogP contribution is 2.36. The van der Waals surface area contributed by atoms with Crippen molar-refractivity contribution in [3.05, 3.63) is 63.1 Å². The van der Waals surface area contributed by atoms with Crippen LogP contribution in [0, 0.1) is 0 Å². The minimum absolute atomic E-state index is 0.125. The maximum atomic E-state index is 11.8. The van der Waals surface area contributed by atoms with Crippen LogP contribution in [0.3, 0.4) is 0 Å². The molecule has 2 aliphatic heterocycles. The molecule has 1 amide bonds. The van der Waals surface area contributed by atoms with Gasteiger partial charge in [0.2, 0.25) is 0 Å². The zero-order valence-corrected chi connectivity index (χ0v) is 20.0. The molecule has 162 valence electrons. The number of aliphatic imine (C=N–C) groups is 1. The van der Waals surface area contributed by atoms with Gasteiger partial charge in [-0.3, -0.25) is 9.79 Å². The van der Waals surface area contributed by atoms with Crippen LogP contribution < -0.4 is 10.3 Å². The van der Waals surface area contributed by atoms with Crippen LogP contribution in [0.25, 0.3) is 0 Å². The Hall–Kier alpha value is -2.02. The highest BCUT2D eigenvalue weighted by Gasteiger charge is 2.34. The number of carbonyl (C=O) groups is 1. The third kappa shape index (κ3) is 4.47. The Balaban J connectivity index is 1.73. The van der Waals surface area contributed by atoms with Gasteiger partial charge in [-0.1, -0.05) is 41.0 Å². The van der Waals surface area contributed by atoms with Crippen LogP contribution in [0.4, 0.5) is 10.5 Å². The molecule has 0 radical (unpaired) electrons. The quantitative estimate of drug-likeness (QED) is 0.428. The third-order valence-corrected chi connectivity index (χ3v) is 7.11. The first-order chi connectivity index (χ1) is 14.8. The van der Waals surface area contributed by atoms with Crippen molar-refractivity contribution in [1.29, 1.82) is 0 Å². The predicted octanol–water partition coefficient (Wildman–Crippen LogP) is 6.15. The second-order valence-electron chi connectivity index (χ2n) is 8.00. The lowest BCUT2D eigenvalue weighted by molar-refractivity contribution is 0.260. The Morgan fingerprint density at radius 2 is 2.03 bits per heavy atom. The number of halogens is 2. The Bertz CT molecular complexity index is 1100. The summed E-state index contributed by atoms with van der Waals surface area (Å²) in [6.07, 6.45) is 2.00. The lowest BCUT2D eigenvalue weighted by Gasteiger charge is -2.34. The highest BCUT2D eigenvalue weighted by atomic mass is 35.5. The van der Waals surface area contributed by atoms with Crippen LogP contribution in [0.1, 0.15) is 43.9 Å². The normalized spacial score (nSPS) is 18.4. The lowest BCUT2D eigenvalue weighted by atomic mass is 9.93. The van der Waals surface area contributed by atoms with E-state index in [0.717, 1.165) is 47.7 Å². The Morgan fingerprint density at radius 1 is 1.23 bits per heavy atom. The molecule has 31 heavy (non-hydrogen) atoms. The summed E-state index contributed by atoms with van der Waals surface area (Å²) in [4.78, 5) is 18.8. The maximum Gasteiger partial charge on any atom is 0.300 e. The maximum absolute atomic E-state index is 11.8. The first-order valence-corrected chi connectivity index (χ1v) is 11.8. The van der Waals surface area contributed by atoms with Crippen LogP contribution in [0.2, 0.25) is 10.0 Å². The van der Waals surface area contributed by atoms with Crippen molar-refractivity contribution in [1.82, 2.24) is 5.43 Å². The molecule has 0 fully saturated rings. The van der Waals surface area contributed by atoms with Crippen molar-refractivity contribution in [3.8, 4) is 0 Å². The summed E-state index contributed by atoms with van der Waals surface area (Å²) in [5, 5.41) is 5.29. The SMILES string of the molecule is CCN=C(c1ccc(Cl)c(Cl)c1)N1CCCc2cc(C3=NNC(=O)SC3(C)C)ccc21. The van der Waals surface area contributed by atoms with Crippen molar-refractivity contribution >= 4 is 57.4 Å². The first kappa shape index (κ1) is 22.2. The molecule has 0 aliphatic carbocycles. The van der Waals surface area contributed by atoms with Crippen LogP contribution in [-0.4, -0.2) is 34.6 Å². The van der Waals surface area contributed by atoms with Crippen molar-refractivity contribution in [2.75, 3.05) is 18.0 Å². The van der Waals surface area contributed by atoms with Crippen molar-refractivity contribution in [3.63, 3.8) is 0 Å². The number of benzene rings is 2. The number of nitrogens with zero attached hydrogens (tertiary/aromatic N) is 3. The molecular weight excluding hydrogens is 451 g/mol. The summed E-state index contributed by atoms with van der Waals surface area (Å²) in [6, 6.07) is 12.1. The number of anilines is 1. The van der Waals surface area contributed by atoms with E-state index in [1.54, 1.807) is 0 Å². The average Bonchev–Trinajstić information content (AvgIpc) is 2.73. The van der Waals surface area contributed by atoms with Gasteiger partial charge in [-0.05, 0) is 75.1 Å². The molecule has 0 bridgehead atoms. The van der Waals surface area contributed by atoms with E-state index in [2.05, 4.69) is 33.6 Å². The van der Waals surface area contributed by atoms with Gasteiger partial charge < -0.3 is 4.90 Å². The van der Waals surface area contributed by atoms with E-state index in [1.807, 2.05) is 39.0 Å². The predicted molar refractivity (Wildman–Crippen MR) is 132 cm³/mol. The van der Waals surface area contributed by atoms with Gasteiger partial charge in [-0.25, -0.2) is 5.43 Å². The van der Waals surface area contributed by atoms with Crippen molar-refractivity contribution < 1.29 is 4.79 Å². The van der Waals surface area contributed by atoms with E-state index < -0.39 is 0 Å². The molecule has 0 spiro atoms. The number of fused-ring (bicyclic) bond motifs is 1. The van der Waals surface area contributed by atoms with Gasteiger partial charge >= 0.3 is 0 Å². The first-order valence-electron chi connectivity index (χ1n) is 10.3. The number of nitrogens with one attached hydrogen (secondary N) is 1. The van der Waals surface area contributed by atoms with Gasteiger partial charge in [0.1, 0.15) is 5.84 Å². The van der Waals surface area contributed by atoms with E-state index in [0.29, 0.717) is 16.6 Å². The molecule has 4 rings (SSSR count). The van der Waals surface area contributed by atoms with Gasteiger partial charge in [0.15, 0.2) is 0 Å². The molecule has 0 saturated heterocycles. The van der Waals surface area contributed by atoms with E-state index in [1.165, 1.54) is 17.3 Å². The molecule has 2 aromatic rings. The number of hydrogen-bond acceptors (Lipinski definition) is 4. The highest BCUT2D eigenvalue weighted by molar-refractivity contribution is 8.15. The fourth-order valence-electron chi connectivity index (χ4n) is 4.03. The minimum atomic E-state index is -0.389. The number of amides is 1. The summed E-state index contributed by atoms with van der Waals surface area (Å²) in [6.45, 7) is 7.63. The topological polar surface area (TPSA) is 57.1 Å². The van der Waals surface area contributed by atoms with E-state index >= 15 is 0 Å². The lowest BCUT2D eigenvalue weighted by Crippen LogP contribution is -2.39. The zero-order valence-electron chi connectivity index (χ0n) is 17.7. The molecule has 2 aromatic carbocycles. The van der Waals surface area contributed by atoms with Gasteiger partial charge in [0.25, 0.3) is 5.24 Å². The summed E-state index contributed by atoms with van der Waals surface area (Å²) in [5.41, 5.74) is 7.84. The molecule has 8 heteroatoms. The molecule has 5 nitrogen and oxygen atoms in total. The van der Waals surface area contributed by atoms with Crippen LogP contribution in [0.15, 0.2) is 46.5 Å². The number of thioether (sulfide) groups is 1. The Morgan fingerprint density at radius 3 is 2.74 bits per heavy atom. The summed E-state index contributed by atoms with van der Waals surface area (Å²) in [5.74, 6) is 0.896. The summed E-state index contributed by atoms with van der Waals surface area (Å²) >= 11 is 13.7. The number of hydrogen-bond donors (Lipinski definition) is 1. The second-order valence-corrected chi connectivity index (χ2v) is 10.4. The largest absolute Gasteiger partial charge is 0.326 e. The number of rotatable bonds is 3. The molecule has 0 unspecified atom stereocenters. The molecular formula is C23H24Cl2N4OS.